The van der Waals surface area contributed by atoms with Crippen molar-refractivity contribution in [2.24, 2.45) is 5.92 Å². The maximum atomic E-state index is 13.5. The van der Waals surface area contributed by atoms with Gasteiger partial charge in [-0.3, -0.25) is 0 Å². The summed E-state index contributed by atoms with van der Waals surface area (Å²) in [4.78, 5) is 8.72. The maximum absolute atomic E-state index is 13.5. The average Bonchev–Trinajstić information content (AvgIpc) is 2.37. The summed E-state index contributed by atoms with van der Waals surface area (Å²) >= 11 is 14.0. The lowest BCUT2D eigenvalue weighted by Gasteiger charge is -2.10. The molecule has 0 N–H and O–H groups in total. The minimum atomic E-state index is -0.493. The van der Waals surface area contributed by atoms with E-state index in [4.69, 9.17) is 23.2 Å². The Morgan fingerprint density at radius 3 is 2.55 bits per heavy atom. The molecule has 2 aromatic rings. The fourth-order valence-electron chi connectivity index (χ4n) is 1.75. The van der Waals surface area contributed by atoms with Gasteiger partial charge in [-0.25, -0.2) is 14.4 Å². The van der Waals surface area contributed by atoms with Gasteiger partial charge in [0, 0.05) is 5.56 Å². The summed E-state index contributed by atoms with van der Waals surface area (Å²) in [7, 11) is 0. The minimum absolute atomic E-state index is 0.0766. The molecule has 0 amide bonds. The molecule has 2 rings (SSSR count). The zero-order valence-corrected chi connectivity index (χ0v) is 14.6. The molecule has 0 aliphatic carbocycles. The molecule has 0 saturated carbocycles. The van der Waals surface area contributed by atoms with Crippen molar-refractivity contribution in [2.75, 3.05) is 0 Å². The van der Waals surface area contributed by atoms with Crippen LogP contribution in [-0.2, 0) is 6.42 Å². The van der Waals surface area contributed by atoms with Gasteiger partial charge in [0.05, 0.1) is 14.3 Å². The maximum Gasteiger partial charge on any atom is 0.161 e. The summed E-state index contributed by atoms with van der Waals surface area (Å²) in [5.74, 6) is 0.374. The summed E-state index contributed by atoms with van der Waals surface area (Å²) in [5, 5.41) is 0.467. The number of hydrogen-bond acceptors (Lipinski definition) is 2. The van der Waals surface area contributed by atoms with E-state index in [0.29, 0.717) is 22.5 Å². The SMILES string of the molecule is CC(C)Cc1nc(-c2ccc(Cl)c(F)c2)nc(Cl)c1I. The summed E-state index contributed by atoms with van der Waals surface area (Å²) < 4.78 is 14.4. The summed E-state index contributed by atoms with van der Waals surface area (Å²) in [6, 6.07) is 4.49. The van der Waals surface area contributed by atoms with Gasteiger partial charge in [0.15, 0.2) is 5.82 Å². The smallest absolute Gasteiger partial charge is 0.161 e. The third kappa shape index (κ3) is 3.59. The molecule has 0 fully saturated rings. The van der Waals surface area contributed by atoms with Gasteiger partial charge in [-0.15, -0.1) is 0 Å². The highest BCUT2D eigenvalue weighted by Gasteiger charge is 2.14. The van der Waals surface area contributed by atoms with Crippen molar-refractivity contribution in [2.45, 2.75) is 20.3 Å². The van der Waals surface area contributed by atoms with Gasteiger partial charge in [-0.2, -0.15) is 0 Å². The zero-order valence-electron chi connectivity index (χ0n) is 10.9. The van der Waals surface area contributed by atoms with Crippen LogP contribution in [0.1, 0.15) is 19.5 Å². The Bertz CT molecular complexity index is 647. The van der Waals surface area contributed by atoms with E-state index < -0.39 is 5.82 Å². The van der Waals surface area contributed by atoms with E-state index >= 15 is 0 Å². The Morgan fingerprint density at radius 2 is 1.95 bits per heavy atom. The second-order valence-electron chi connectivity index (χ2n) is 4.83. The summed E-state index contributed by atoms with van der Waals surface area (Å²) in [6.45, 7) is 4.21. The molecule has 0 saturated heterocycles. The van der Waals surface area contributed by atoms with Crippen molar-refractivity contribution in [1.82, 2.24) is 9.97 Å². The van der Waals surface area contributed by atoms with E-state index in [-0.39, 0.29) is 5.02 Å². The van der Waals surface area contributed by atoms with Crippen LogP contribution in [0.15, 0.2) is 18.2 Å². The first-order valence-corrected chi connectivity index (χ1v) is 7.89. The predicted molar refractivity (Wildman–Crippen MR) is 88.7 cm³/mol. The van der Waals surface area contributed by atoms with Crippen molar-refractivity contribution in [1.29, 1.82) is 0 Å². The van der Waals surface area contributed by atoms with Crippen LogP contribution in [0, 0.1) is 15.3 Å². The van der Waals surface area contributed by atoms with E-state index in [1.165, 1.54) is 12.1 Å². The molecule has 106 valence electrons. The van der Waals surface area contributed by atoms with E-state index in [1.807, 2.05) is 0 Å². The van der Waals surface area contributed by atoms with Crippen LogP contribution in [0.3, 0.4) is 0 Å². The van der Waals surface area contributed by atoms with Crippen molar-refractivity contribution in [3.05, 3.63) is 43.5 Å². The fourth-order valence-corrected chi connectivity index (χ4v) is 2.52. The minimum Gasteiger partial charge on any atom is -0.232 e. The average molecular weight is 425 g/mol. The van der Waals surface area contributed by atoms with Gasteiger partial charge >= 0.3 is 0 Å². The Hall–Kier alpha value is -0.460. The first-order chi connectivity index (χ1) is 9.38. The number of hydrogen-bond donors (Lipinski definition) is 0. The molecule has 20 heavy (non-hydrogen) atoms. The highest BCUT2D eigenvalue weighted by atomic mass is 127. The zero-order chi connectivity index (χ0) is 14.9. The molecular weight excluding hydrogens is 413 g/mol. The Morgan fingerprint density at radius 1 is 1.25 bits per heavy atom. The highest BCUT2D eigenvalue weighted by Crippen LogP contribution is 2.27. The van der Waals surface area contributed by atoms with Crippen LogP contribution in [0.2, 0.25) is 10.2 Å². The molecule has 0 spiro atoms. The molecule has 0 atom stereocenters. The van der Waals surface area contributed by atoms with Crippen LogP contribution in [0.25, 0.3) is 11.4 Å². The molecule has 0 unspecified atom stereocenters. The molecule has 2 nitrogen and oxygen atoms in total. The molecule has 0 bridgehead atoms. The molecule has 1 aromatic heterocycles. The lowest BCUT2D eigenvalue weighted by atomic mass is 10.1. The summed E-state index contributed by atoms with van der Waals surface area (Å²) in [5.41, 5.74) is 1.45. The number of benzene rings is 1. The van der Waals surface area contributed by atoms with Crippen molar-refractivity contribution < 1.29 is 4.39 Å². The molecule has 6 heteroatoms. The Labute approximate surface area is 140 Å². The van der Waals surface area contributed by atoms with Crippen LogP contribution in [-0.4, -0.2) is 9.97 Å². The fraction of sp³-hybridized carbons (Fsp3) is 0.286. The standard InChI is InChI=1S/C14H12Cl2FIN2/c1-7(2)5-11-12(18)13(16)20-14(19-11)8-3-4-9(15)10(17)6-8/h3-4,6-7H,5H2,1-2H3. The van der Waals surface area contributed by atoms with Crippen molar-refractivity contribution >= 4 is 45.8 Å². The quantitative estimate of drug-likeness (QED) is 0.487. The topological polar surface area (TPSA) is 25.8 Å². The van der Waals surface area contributed by atoms with Gasteiger partial charge in [-0.05, 0) is 53.1 Å². The van der Waals surface area contributed by atoms with Crippen LogP contribution < -0.4 is 0 Å². The van der Waals surface area contributed by atoms with Crippen molar-refractivity contribution in [3.63, 3.8) is 0 Å². The second-order valence-corrected chi connectivity index (χ2v) is 6.67. The largest absolute Gasteiger partial charge is 0.232 e. The van der Waals surface area contributed by atoms with Crippen molar-refractivity contribution in [3.8, 4) is 11.4 Å². The third-order valence-electron chi connectivity index (χ3n) is 2.66. The molecule has 0 radical (unpaired) electrons. The normalized spacial score (nSPS) is 11.2. The Balaban J connectivity index is 2.51. The number of rotatable bonds is 3. The number of nitrogens with zero attached hydrogens (tertiary/aromatic N) is 2. The number of aromatic nitrogens is 2. The first kappa shape index (κ1) is 15.9. The van der Waals surface area contributed by atoms with E-state index in [0.717, 1.165) is 15.7 Å². The molecule has 0 aliphatic heterocycles. The van der Waals surface area contributed by atoms with Crippen LogP contribution >= 0.6 is 45.8 Å². The molecule has 0 aliphatic rings. The van der Waals surface area contributed by atoms with Gasteiger partial charge in [0.1, 0.15) is 11.0 Å². The molecular formula is C14H12Cl2FIN2. The lowest BCUT2D eigenvalue weighted by molar-refractivity contribution is 0.627. The van der Waals surface area contributed by atoms with Gasteiger partial charge in [0.2, 0.25) is 0 Å². The van der Waals surface area contributed by atoms with Crippen LogP contribution in [0.4, 0.5) is 4.39 Å². The first-order valence-electron chi connectivity index (χ1n) is 6.05. The highest BCUT2D eigenvalue weighted by molar-refractivity contribution is 14.1. The Kier molecular flexibility index (Phi) is 5.20. The van der Waals surface area contributed by atoms with Gasteiger partial charge in [0.25, 0.3) is 0 Å². The van der Waals surface area contributed by atoms with E-state index in [2.05, 4.69) is 46.4 Å². The number of halogens is 4. The van der Waals surface area contributed by atoms with Gasteiger partial charge < -0.3 is 0 Å². The lowest BCUT2D eigenvalue weighted by Crippen LogP contribution is -2.04. The third-order valence-corrected chi connectivity index (χ3v) is 4.69. The van der Waals surface area contributed by atoms with E-state index in [9.17, 15) is 4.39 Å². The summed E-state index contributed by atoms with van der Waals surface area (Å²) in [6.07, 6.45) is 0.795. The molecule has 1 heterocycles. The predicted octanol–water partition coefficient (Wildman–Crippen LogP) is 5.39. The monoisotopic (exact) mass is 424 g/mol. The van der Waals surface area contributed by atoms with E-state index in [1.54, 1.807) is 6.07 Å². The second kappa shape index (κ2) is 6.54. The van der Waals surface area contributed by atoms with Gasteiger partial charge in [-0.1, -0.05) is 37.0 Å². The molecule has 1 aromatic carbocycles. The van der Waals surface area contributed by atoms with Crippen LogP contribution in [0.5, 0.6) is 0 Å².